The monoisotopic (exact) mass is 671 g/mol. The summed E-state index contributed by atoms with van der Waals surface area (Å²) >= 11 is 0. The van der Waals surface area contributed by atoms with E-state index in [1.165, 1.54) is 9.30 Å². The third-order valence-corrected chi connectivity index (χ3v) is 9.98. The molecule has 0 saturated heterocycles. The van der Waals surface area contributed by atoms with Crippen LogP contribution >= 0.6 is 0 Å². The van der Waals surface area contributed by atoms with Crippen LogP contribution in [-0.4, -0.2) is 41.1 Å². The van der Waals surface area contributed by atoms with Crippen LogP contribution in [0.2, 0.25) is 0 Å². The zero-order valence-electron chi connectivity index (χ0n) is 27.0. The molecule has 242 valence electrons. The van der Waals surface area contributed by atoms with Crippen LogP contribution in [0.4, 0.5) is 5.69 Å². The van der Waals surface area contributed by atoms with Crippen molar-refractivity contribution in [2.75, 3.05) is 4.90 Å². The highest BCUT2D eigenvalue weighted by molar-refractivity contribution is 6.41. The van der Waals surface area contributed by atoms with Crippen molar-refractivity contribution in [3.63, 3.8) is 0 Å². The fraction of sp³-hybridized carbons (Fsp3) is 0. The zero-order chi connectivity index (χ0) is 34.7. The lowest BCUT2D eigenvalue weighted by Gasteiger charge is -2.29. The Morgan fingerprint density at radius 2 is 1.06 bits per heavy atom. The van der Waals surface area contributed by atoms with Gasteiger partial charge in [-0.2, -0.15) is 0 Å². The highest BCUT2D eigenvalue weighted by Gasteiger charge is 2.37. The standard InChI is InChI=1S/C42H21N7O3/c50-40-28-16-15-26-32-27(17-18-29(33(28)32)41(51)48(40)36-24-11-3-1-9-22(24)21-23-10-2-4-12-25(23)36)42(52)49-38(26)47-37-39(49)46-35(31-14-6-8-20-44-31)34(45-37)30-13-5-7-19-43-30/h1-21H. The molecule has 0 saturated carbocycles. The van der Waals surface area contributed by atoms with Crippen LogP contribution in [0.3, 0.4) is 0 Å². The van der Waals surface area contributed by atoms with Crippen LogP contribution in [-0.2, 0) is 0 Å². The third kappa shape index (κ3) is 3.72. The Morgan fingerprint density at radius 3 is 1.67 bits per heavy atom. The van der Waals surface area contributed by atoms with Crippen LogP contribution in [0.5, 0.6) is 0 Å². The van der Waals surface area contributed by atoms with Crippen LogP contribution in [0.1, 0.15) is 20.7 Å². The Kier molecular flexibility index (Phi) is 5.61. The fourth-order valence-electron chi connectivity index (χ4n) is 7.73. The van der Waals surface area contributed by atoms with Crippen molar-refractivity contribution in [1.82, 2.24) is 29.3 Å². The summed E-state index contributed by atoms with van der Waals surface area (Å²) in [6.45, 7) is 0. The van der Waals surface area contributed by atoms with Crippen LogP contribution in [0, 0.1) is 0 Å². The molecule has 0 aliphatic carbocycles. The predicted octanol–water partition coefficient (Wildman–Crippen LogP) is 7.61. The lowest BCUT2D eigenvalue weighted by molar-refractivity contribution is 0.0894. The van der Waals surface area contributed by atoms with Crippen molar-refractivity contribution >= 4 is 77.5 Å². The van der Waals surface area contributed by atoms with E-state index in [9.17, 15) is 14.4 Å². The van der Waals surface area contributed by atoms with Crippen molar-refractivity contribution in [3.05, 3.63) is 149 Å². The van der Waals surface area contributed by atoms with Crippen molar-refractivity contribution < 1.29 is 9.59 Å². The van der Waals surface area contributed by atoms with Gasteiger partial charge < -0.3 is 0 Å². The molecule has 0 spiro atoms. The van der Waals surface area contributed by atoms with E-state index in [-0.39, 0.29) is 16.9 Å². The van der Waals surface area contributed by atoms with Gasteiger partial charge in [0.1, 0.15) is 11.4 Å². The van der Waals surface area contributed by atoms with Crippen molar-refractivity contribution in [2.24, 2.45) is 0 Å². The first-order valence-electron chi connectivity index (χ1n) is 16.6. The highest BCUT2D eigenvalue weighted by atomic mass is 16.2. The van der Waals surface area contributed by atoms with Gasteiger partial charge in [-0.15, -0.1) is 0 Å². The molecule has 0 unspecified atom stereocenters. The SMILES string of the molecule is O=C1c2ccc3c(=O)n4c5nc(-c6ccccn6)c(-c6ccccn6)nc5nc4c4ccc(c2c34)C(=O)N1c1c2ccccc2cc2ccccc12. The number of carbonyl (C=O) groups excluding carboxylic acids is 2. The molecule has 10 aromatic rings. The molecular formula is C42H21N7O3. The Balaban J connectivity index is 1.19. The van der Waals surface area contributed by atoms with E-state index in [1.54, 1.807) is 36.7 Å². The second kappa shape index (κ2) is 10.3. The number of benzene rings is 5. The average molecular weight is 672 g/mol. The minimum atomic E-state index is -0.461. The van der Waals surface area contributed by atoms with E-state index < -0.39 is 11.8 Å². The maximum atomic E-state index is 14.6. The van der Waals surface area contributed by atoms with Gasteiger partial charge >= 0.3 is 0 Å². The summed E-state index contributed by atoms with van der Waals surface area (Å²) < 4.78 is 1.46. The Labute approximate surface area is 292 Å². The first-order valence-corrected chi connectivity index (χ1v) is 16.6. The van der Waals surface area contributed by atoms with Crippen molar-refractivity contribution in [3.8, 4) is 22.8 Å². The van der Waals surface area contributed by atoms with E-state index >= 15 is 0 Å². The molecule has 0 bridgehead atoms. The van der Waals surface area contributed by atoms with Crippen LogP contribution in [0.15, 0.2) is 132 Å². The van der Waals surface area contributed by atoms with Crippen molar-refractivity contribution in [1.29, 1.82) is 0 Å². The quantitative estimate of drug-likeness (QED) is 0.139. The number of aromatic nitrogens is 6. The second-order valence-electron chi connectivity index (χ2n) is 12.8. The molecule has 11 rings (SSSR count). The Morgan fingerprint density at radius 1 is 0.481 bits per heavy atom. The second-order valence-corrected chi connectivity index (χ2v) is 12.8. The third-order valence-electron chi connectivity index (χ3n) is 9.98. The summed E-state index contributed by atoms with van der Waals surface area (Å²) in [5.41, 5.74) is 3.72. The van der Waals surface area contributed by atoms with E-state index in [0.717, 1.165) is 21.5 Å². The Bertz CT molecular complexity index is 3180. The number of anilines is 1. The van der Waals surface area contributed by atoms with E-state index in [0.29, 0.717) is 66.8 Å². The van der Waals surface area contributed by atoms with Gasteiger partial charge in [-0.3, -0.25) is 24.4 Å². The first kappa shape index (κ1) is 28.4. The molecule has 52 heavy (non-hydrogen) atoms. The van der Waals surface area contributed by atoms with Gasteiger partial charge in [0, 0.05) is 55.8 Å². The van der Waals surface area contributed by atoms with Gasteiger partial charge in [0.2, 0.25) is 0 Å². The smallest absolute Gasteiger partial charge is 0.266 e. The van der Waals surface area contributed by atoms with Gasteiger partial charge in [-0.1, -0.05) is 60.7 Å². The van der Waals surface area contributed by atoms with Gasteiger partial charge in [0.15, 0.2) is 16.9 Å². The summed E-state index contributed by atoms with van der Waals surface area (Å²) in [5, 5.41) is 5.27. The molecule has 1 aliphatic rings. The molecule has 0 fully saturated rings. The predicted molar refractivity (Wildman–Crippen MR) is 200 cm³/mol. The van der Waals surface area contributed by atoms with Crippen LogP contribution in [0.25, 0.3) is 82.8 Å². The summed E-state index contributed by atoms with van der Waals surface area (Å²) in [6, 6.07) is 35.4. The molecule has 0 radical (unpaired) electrons. The lowest BCUT2D eigenvalue weighted by atomic mass is 9.89. The molecule has 2 amide bonds. The fourth-order valence-corrected chi connectivity index (χ4v) is 7.73. The lowest BCUT2D eigenvalue weighted by Crippen LogP contribution is -2.40. The van der Waals surface area contributed by atoms with E-state index in [1.807, 2.05) is 84.9 Å². The molecule has 0 atom stereocenters. The molecule has 5 aromatic carbocycles. The number of pyridine rings is 3. The summed E-state index contributed by atoms with van der Waals surface area (Å²) in [4.78, 5) is 68.8. The number of hydrogen-bond acceptors (Lipinski definition) is 8. The molecule has 1 aliphatic heterocycles. The van der Waals surface area contributed by atoms with Gasteiger partial charge in [0.25, 0.3) is 17.4 Å². The average Bonchev–Trinajstić information content (AvgIpc) is 3.58. The molecule has 0 N–H and O–H groups in total. The number of imidazole rings is 1. The van der Waals surface area contributed by atoms with Crippen LogP contribution < -0.4 is 10.5 Å². The topological polar surface area (TPSA) is 123 Å². The van der Waals surface area contributed by atoms with E-state index in [2.05, 4.69) is 16.0 Å². The molecule has 5 aromatic heterocycles. The minimum absolute atomic E-state index is 0.252. The zero-order valence-corrected chi connectivity index (χ0v) is 27.0. The maximum Gasteiger partial charge on any atom is 0.266 e. The number of nitrogens with zero attached hydrogens (tertiary/aromatic N) is 7. The van der Waals surface area contributed by atoms with E-state index in [4.69, 9.17) is 15.0 Å². The summed E-state index contributed by atoms with van der Waals surface area (Å²) in [6.07, 6.45) is 3.34. The number of fused-ring (bicyclic) bond motifs is 6. The minimum Gasteiger partial charge on any atom is -0.268 e. The summed E-state index contributed by atoms with van der Waals surface area (Å²) in [7, 11) is 0. The van der Waals surface area contributed by atoms with Gasteiger partial charge in [-0.25, -0.2) is 24.3 Å². The maximum absolute atomic E-state index is 14.6. The normalized spacial score (nSPS) is 13.1. The molecule has 10 nitrogen and oxygen atoms in total. The first-order chi connectivity index (χ1) is 25.6. The largest absolute Gasteiger partial charge is 0.268 e. The van der Waals surface area contributed by atoms with Gasteiger partial charge in [0.05, 0.1) is 17.1 Å². The van der Waals surface area contributed by atoms with Crippen molar-refractivity contribution in [2.45, 2.75) is 0 Å². The molecule has 6 heterocycles. The Hall–Kier alpha value is -7.46. The molecular weight excluding hydrogens is 651 g/mol. The number of hydrogen-bond donors (Lipinski definition) is 0. The number of carbonyl (C=O) groups is 2. The number of amides is 2. The summed E-state index contributed by atoms with van der Waals surface area (Å²) in [5.74, 6) is -0.921. The molecule has 10 heteroatoms. The highest BCUT2D eigenvalue weighted by Crippen LogP contribution is 2.43. The number of imide groups is 1. The van der Waals surface area contributed by atoms with Gasteiger partial charge in [-0.05, 0) is 65.4 Å². The number of rotatable bonds is 3.